The van der Waals surface area contributed by atoms with Gasteiger partial charge in [0.2, 0.25) is 20.9 Å². The van der Waals surface area contributed by atoms with Crippen molar-refractivity contribution in [2.75, 3.05) is 0 Å². The second-order valence-electron chi connectivity index (χ2n) is 8.93. The van der Waals surface area contributed by atoms with E-state index in [1.807, 2.05) is 35.2 Å². The number of sulfone groups is 1. The van der Waals surface area contributed by atoms with E-state index in [0.29, 0.717) is 18.8 Å². The molecule has 2 saturated carbocycles. The molecule has 8 heteroatoms. The Balaban J connectivity index is 1.50. The number of halogens is 1. The molecule has 0 N–H and O–H groups in total. The summed E-state index contributed by atoms with van der Waals surface area (Å²) in [4.78, 5) is 19.0. The number of hydrogen-bond donors (Lipinski definition) is 0. The van der Waals surface area contributed by atoms with Crippen LogP contribution in [0.1, 0.15) is 42.5 Å². The highest BCUT2D eigenvalue weighted by atomic mass is 32.2. The molecule has 33 heavy (non-hydrogen) atoms. The van der Waals surface area contributed by atoms with Gasteiger partial charge in [0, 0.05) is 17.5 Å². The number of rotatable bonds is 9. The Bertz CT molecular complexity index is 1270. The van der Waals surface area contributed by atoms with E-state index in [4.69, 9.17) is 0 Å². The van der Waals surface area contributed by atoms with Gasteiger partial charge in [-0.25, -0.2) is 17.8 Å². The molecule has 5 rings (SSSR count). The Hall–Kier alpha value is -3.00. The van der Waals surface area contributed by atoms with Gasteiger partial charge in [0.25, 0.3) is 0 Å². The van der Waals surface area contributed by atoms with Gasteiger partial charge in [-0.05, 0) is 37.3 Å². The molecule has 2 fully saturated rings. The van der Waals surface area contributed by atoms with Crippen LogP contribution in [0.2, 0.25) is 0 Å². The monoisotopic (exact) mass is 467 g/mol. The summed E-state index contributed by atoms with van der Waals surface area (Å²) in [5.41, 5.74) is 1.70. The van der Waals surface area contributed by atoms with Crippen LogP contribution in [0.15, 0.2) is 66.0 Å². The molecule has 0 saturated heterocycles. The predicted molar refractivity (Wildman–Crippen MR) is 121 cm³/mol. The SMILES string of the molecule is O=C(C1CC1)N(Cc1cnc(S(=O)(=O)Cc2ccccc2F)n1Cc1ccccc1)C1CC1. The lowest BCUT2D eigenvalue weighted by Crippen LogP contribution is -2.34. The van der Waals surface area contributed by atoms with E-state index in [2.05, 4.69) is 4.98 Å². The van der Waals surface area contributed by atoms with Crippen LogP contribution in [-0.4, -0.2) is 34.8 Å². The first kappa shape index (κ1) is 21.8. The largest absolute Gasteiger partial charge is 0.334 e. The minimum absolute atomic E-state index is 0.0975. The molecule has 3 aromatic rings. The van der Waals surface area contributed by atoms with E-state index in [0.717, 1.165) is 31.2 Å². The molecule has 2 aliphatic carbocycles. The van der Waals surface area contributed by atoms with Crippen molar-refractivity contribution in [3.8, 4) is 0 Å². The van der Waals surface area contributed by atoms with E-state index in [9.17, 15) is 17.6 Å². The number of amides is 1. The lowest BCUT2D eigenvalue weighted by molar-refractivity contribution is -0.133. The van der Waals surface area contributed by atoms with Crippen LogP contribution in [0, 0.1) is 11.7 Å². The van der Waals surface area contributed by atoms with Gasteiger partial charge in [-0.2, -0.15) is 0 Å². The standard InChI is InChI=1S/C25H26FN3O3S/c26-23-9-5-4-8-20(23)17-33(31,32)25-27-14-22(29(25)15-18-6-2-1-3-7-18)16-28(21-12-13-21)24(30)19-10-11-19/h1-9,14,19,21H,10-13,15-17H2. The maximum absolute atomic E-state index is 14.2. The fourth-order valence-electron chi connectivity index (χ4n) is 4.10. The molecule has 6 nitrogen and oxygen atoms in total. The summed E-state index contributed by atoms with van der Waals surface area (Å²) in [7, 11) is -3.92. The summed E-state index contributed by atoms with van der Waals surface area (Å²) in [5.74, 6) is -0.781. The molecular formula is C25H26FN3O3S. The van der Waals surface area contributed by atoms with E-state index >= 15 is 0 Å². The molecule has 0 aliphatic heterocycles. The van der Waals surface area contributed by atoms with Crippen molar-refractivity contribution >= 4 is 15.7 Å². The summed E-state index contributed by atoms with van der Waals surface area (Å²) in [5, 5.41) is -0.0979. The van der Waals surface area contributed by atoms with Gasteiger partial charge in [0.15, 0.2) is 0 Å². The highest BCUT2D eigenvalue weighted by Gasteiger charge is 2.40. The van der Waals surface area contributed by atoms with Crippen LogP contribution in [0.3, 0.4) is 0 Å². The third kappa shape index (κ3) is 4.85. The molecule has 0 bridgehead atoms. The van der Waals surface area contributed by atoms with Crippen LogP contribution in [-0.2, 0) is 33.5 Å². The number of benzene rings is 2. The molecule has 1 heterocycles. The molecule has 2 aliphatic rings. The van der Waals surface area contributed by atoms with Gasteiger partial charge in [0.05, 0.1) is 30.7 Å². The predicted octanol–water partition coefficient (Wildman–Crippen LogP) is 3.95. The molecular weight excluding hydrogens is 441 g/mol. The van der Waals surface area contributed by atoms with Gasteiger partial charge < -0.3 is 9.47 Å². The lowest BCUT2D eigenvalue weighted by atomic mass is 10.2. The van der Waals surface area contributed by atoms with Crippen molar-refractivity contribution < 1.29 is 17.6 Å². The second kappa shape index (κ2) is 8.74. The molecule has 0 atom stereocenters. The molecule has 0 spiro atoms. The third-order valence-electron chi connectivity index (χ3n) is 6.20. The van der Waals surface area contributed by atoms with Gasteiger partial charge >= 0.3 is 0 Å². The normalized spacial score (nSPS) is 16.0. The average molecular weight is 468 g/mol. The number of hydrogen-bond acceptors (Lipinski definition) is 4. The van der Waals surface area contributed by atoms with E-state index in [1.54, 1.807) is 16.8 Å². The summed E-state index contributed by atoms with van der Waals surface area (Å²) < 4.78 is 42.5. The Kier molecular flexibility index (Phi) is 5.78. The Morgan fingerprint density at radius 2 is 1.73 bits per heavy atom. The summed E-state index contributed by atoms with van der Waals surface area (Å²) in [6.45, 7) is 0.632. The summed E-state index contributed by atoms with van der Waals surface area (Å²) >= 11 is 0. The quantitative estimate of drug-likeness (QED) is 0.478. The van der Waals surface area contributed by atoms with Gasteiger partial charge in [-0.1, -0.05) is 48.5 Å². The van der Waals surface area contributed by atoms with Crippen LogP contribution < -0.4 is 0 Å². The molecule has 1 amide bonds. The Morgan fingerprint density at radius 1 is 1.03 bits per heavy atom. The molecule has 1 aromatic heterocycles. The fourth-order valence-corrected chi connectivity index (χ4v) is 5.60. The van der Waals surface area contributed by atoms with Gasteiger partial charge in [-0.3, -0.25) is 4.79 Å². The number of carbonyl (C=O) groups is 1. The van der Waals surface area contributed by atoms with E-state index in [1.165, 1.54) is 18.2 Å². The lowest BCUT2D eigenvalue weighted by Gasteiger charge is -2.23. The van der Waals surface area contributed by atoms with E-state index in [-0.39, 0.29) is 28.6 Å². The number of aromatic nitrogens is 2. The van der Waals surface area contributed by atoms with Gasteiger partial charge in [0.1, 0.15) is 5.82 Å². The molecule has 0 radical (unpaired) electrons. The first-order chi connectivity index (χ1) is 15.9. The highest BCUT2D eigenvalue weighted by Crippen LogP contribution is 2.37. The minimum atomic E-state index is -3.92. The highest BCUT2D eigenvalue weighted by molar-refractivity contribution is 7.90. The number of imidazole rings is 1. The minimum Gasteiger partial charge on any atom is -0.334 e. The molecule has 0 unspecified atom stereocenters. The molecule has 2 aromatic carbocycles. The number of nitrogens with zero attached hydrogens (tertiary/aromatic N) is 3. The Labute approximate surface area is 193 Å². The average Bonchev–Trinajstić information content (AvgIpc) is 3.72. The second-order valence-corrected chi connectivity index (χ2v) is 10.8. The van der Waals surface area contributed by atoms with Crippen LogP contribution in [0.25, 0.3) is 0 Å². The van der Waals surface area contributed by atoms with Crippen molar-refractivity contribution in [3.63, 3.8) is 0 Å². The van der Waals surface area contributed by atoms with Crippen molar-refractivity contribution in [1.82, 2.24) is 14.5 Å². The summed E-state index contributed by atoms with van der Waals surface area (Å²) in [6.07, 6.45) is 5.35. The van der Waals surface area contributed by atoms with Gasteiger partial charge in [-0.15, -0.1) is 0 Å². The molecule has 172 valence electrons. The van der Waals surface area contributed by atoms with Crippen LogP contribution in [0.5, 0.6) is 0 Å². The number of carbonyl (C=O) groups excluding carboxylic acids is 1. The zero-order valence-corrected chi connectivity index (χ0v) is 19.0. The maximum atomic E-state index is 14.2. The first-order valence-electron chi connectivity index (χ1n) is 11.3. The van der Waals surface area contributed by atoms with Crippen LogP contribution in [0.4, 0.5) is 4.39 Å². The maximum Gasteiger partial charge on any atom is 0.228 e. The van der Waals surface area contributed by atoms with Crippen molar-refractivity contribution in [2.45, 2.75) is 55.7 Å². The van der Waals surface area contributed by atoms with Crippen molar-refractivity contribution in [2.24, 2.45) is 5.92 Å². The topological polar surface area (TPSA) is 72.3 Å². The fraction of sp³-hybridized carbons (Fsp3) is 0.360. The smallest absolute Gasteiger partial charge is 0.228 e. The summed E-state index contributed by atoms with van der Waals surface area (Å²) in [6, 6.07) is 15.6. The third-order valence-corrected chi connectivity index (χ3v) is 7.77. The van der Waals surface area contributed by atoms with Crippen molar-refractivity contribution in [1.29, 1.82) is 0 Å². The zero-order chi connectivity index (χ0) is 23.0. The van der Waals surface area contributed by atoms with Crippen molar-refractivity contribution in [3.05, 3.63) is 83.4 Å². The Morgan fingerprint density at radius 3 is 2.39 bits per heavy atom. The van der Waals surface area contributed by atoms with E-state index < -0.39 is 21.4 Å². The first-order valence-corrected chi connectivity index (χ1v) is 12.9. The zero-order valence-electron chi connectivity index (χ0n) is 18.2. The van der Waals surface area contributed by atoms with Crippen LogP contribution >= 0.6 is 0 Å².